The van der Waals surface area contributed by atoms with Gasteiger partial charge in [-0.2, -0.15) is 13.2 Å². The van der Waals surface area contributed by atoms with E-state index in [0.29, 0.717) is 5.52 Å². The lowest BCUT2D eigenvalue weighted by atomic mass is 10.1. The van der Waals surface area contributed by atoms with Crippen LogP contribution in [0, 0.1) is 0 Å². The summed E-state index contributed by atoms with van der Waals surface area (Å²) in [5, 5.41) is 0.120. The van der Waals surface area contributed by atoms with Crippen molar-refractivity contribution in [2.24, 2.45) is 0 Å². The van der Waals surface area contributed by atoms with Gasteiger partial charge in [-0.3, -0.25) is 4.79 Å². The van der Waals surface area contributed by atoms with Crippen LogP contribution in [0.25, 0.3) is 10.9 Å². The topological polar surface area (TPSA) is 42.9 Å². The Kier molecular flexibility index (Phi) is 2.57. The zero-order chi connectivity index (χ0) is 12.6. The van der Waals surface area contributed by atoms with Gasteiger partial charge in [-0.25, -0.2) is 9.97 Å². The van der Waals surface area contributed by atoms with Crippen molar-refractivity contribution in [1.29, 1.82) is 0 Å². The van der Waals surface area contributed by atoms with E-state index in [1.54, 1.807) is 0 Å². The fourth-order valence-electron chi connectivity index (χ4n) is 1.51. The number of nitrogens with zero attached hydrogens (tertiary/aromatic N) is 2. The second-order valence-electron chi connectivity index (χ2n) is 3.51. The molecular formula is C11H7F3N2O. The number of alkyl halides is 3. The van der Waals surface area contributed by atoms with Crippen LogP contribution in [0.2, 0.25) is 0 Å². The van der Waals surface area contributed by atoms with Crippen LogP contribution in [0.1, 0.15) is 23.0 Å². The highest BCUT2D eigenvalue weighted by Gasteiger charge is 2.30. The lowest BCUT2D eigenvalue weighted by molar-refractivity contribution is -0.137. The second-order valence-corrected chi connectivity index (χ2v) is 3.51. The molecule has 0 amide bonds. The van der Waals surface area contributed by atoms with Crippen LogP contribution in [-0.4, -0.2) is 15.8 Å². The number of rotatable bonds is 1. The number of aromatic nitrogens is 2. The second kappa shape index (κ2) is 3.80. The van der Waals surface area contributed by atoms with Gasteiger partial charge in [-0.15, -0.1) is 0 Å². The summed E-state index contributed by atoms with van der Waals surface area (Å²) < 4.78 is 37.6. The lowest BCUT2D eigenvalue weighted by Crippen LogP contribution is -2.06. The zero-order valence-corrected chi connectivity index (χ0v) is 8.75. The summed E-state index contributed by atoms with van der Waals surface area (Å²) in [6.07, 6.45) is -3.29. The van der Waals surface area contributed by atoms with E-state index in [1.165, 1.54) is 13.0 Å². The maximum atomic E-state index is 12.5. The zero-order valence-electron chi connectivity index (χ0n) is 8.75. The molecule has 0 spiro atoms. The Labute approximate surface area is 94.3 Å². The van der Waals surface area contributed by atoms with Gasteiger partial charge in [0.2, 0.25) is 0 Å². The Bertz CT molecular complexity index is 593. The molecule has 0 aliphatic heterocycles. The van der Waals surface area contributed by atoms with Gasteiger partial charge < -0.3 is 0 Å². The molecule has 0 aliphatic carbocycles. The largest absolute Gasteiger partial charge is 0.416 e. The van der Waals surface area contributed by atoms with Crippen molar-refractivity contribution in [3.63, 3.8) is 0 Å². The molecule has 0 atom stereocenters. The van der Waals surface area contributed by atoms with E-state index in [9.17, 15) is 18.0 Å². The summed E-state index contributed by atoms with van der Waals surface area (Å²) in [6.45, 7) is 1.25. The first-order valence-electron chi connectivity index (χ1n) is 4.72. The predicted octanol–water partition coefficient (Wildman–Crippen LogP) is 2.85. The molecule has 0 saturated heterocycles. The summed E-state index contributed by atoms with van der Waals surface area (Å²) in [6, 6.07) is 3.05. The Balaban J connectivity index is 2.75. The van der Waals surface area contributed by atoms with E-state index < -0.39 is 17.5 Å². The number of Topliss-reactive ketones (excluding diaryl/α,β-unsaturated/α-hetero) is 1. The molecule has 1 heterocycles. The van der Waals surface area contributed by atoms with Crippen molar-refractivity contribution in [3.05, 3.63) is 35.8 Å². The Morgan fingerprint density at radius 3 is 2.53 bits per heavy atom. The number of halogens is 3. The quantitative estimate of drug-likeness (QED) is 0.720. The van der Waals surface area contributed by atoms with Crippen molar-refractivity contribution in [2.45, 2.75) is 13.1 Å². The third-order valence-corrected chi connectivity index (χ3v) is 2.30. The first kappa shape index (κ1) is 11.5. The maximum Gasteiger partial charge on any atom is 0.416 e. The van der Waals surface area contributed by atoms with Gasteiger partial charge in [0, 0.05) is 12.3 Å². The molecule has 0 saturated carbocycles. The van der Waals surface area contributed by atoms with Gasteiger partial charge in [0.25, 0.3) is 0 Å². The number of hydrogen-bond acceptors (Lipinski definition) is 3. The van der Waals surface area contributed by atoms with Gasteiger partial charge in [0.1, 0.15) is 12.0 Å². The van der Waals surface area contributed by atoms with Crippen molar-refractivity contribution < 1.29 is 18.0 Å². The number of carbonyl (C=O) groups excluding carboxylic acids is 1. The molecule has 1 aromatic carbocycles. The fraction of sp³-hybridized carbons (Fsp3) is 0.182. The van der Waals surface area contributed by atoms with Gasteiger partial charge in [-0.05, 0) is 18.2 Å². The molecular weight excluding hydrogens is 233 g/mol. The maximum absolute atomic E-state index is 12.5. The highest BCUT2D eigenvalue weighted by Crippen LogP contribution is 2.31. The van der Waals surface area contributed by atoms with E-state index >= 15 is 0 Å². The SMILES string of the molecule is CC(=O)c1ncnc2ccc(C(F)(F)F)cc12. The molecule has 17 heavy (non-hydrogen) atoms. The molecule has 2 aromatic rings. The summed E-state index contributed by atoms with van der Waals surface area (Å²) in [4.78, 5) is 18.8. The molecule has 0 N–H and O–H groups in total. The van der Waals surface area contributed by atoms with Crippen LogP contribution in [-0.2, 0) is 6.18 Å². The number of carbonyl (C=O) groups is 1. The minimum atomic E-state index is -4.45. The van der Waals surface area contributed by atoms with Crippen LogP contribution < -0.4 is 0 Å². The monoisotopic (exact) mass is 240 g/mol. The normalized spacial score (nSPS) is 11.8. The van der Waals surface area contributed by atoms with Gasteiger partial charge in [-0.1, -0.05) is 0 Å². The average molecular weight is 240 g/mol. The van der Waals surface area contributed by atoms with Crippen LogP contribution in [0.5, 0.6) is 0 Å². The number of hydrogen-bond donors (Lipinski definition) is 0. The van der Waals surface area contributed by atoms with E-state index in [4.69, 9.17) is 0 Å². The lowest BCUT2D eigenvalue weighted by Gasteiger charge is -2.08. The molecule has 2 rings (SSSR count). The molecule has 0 unspecified atom stereocenters. The van der Waals surface area contributed by atoms with Crippen LogP contribution in [0.15, 0.2) is 24.5 Å². The van der Waals surface area contributed by atoms with E-state index in [-0.39, 0.29) is 11.1 Å². The number of ketones is 1. The van der Waals surface area contributed by atoms with Crippen LogP contribution in [0.4, 0.5) is 13.2 Å². The van der Waals surface area contributed by atoms with Gasteiger partial charge in [0.05, 0.1) is 11.1 Å². The van der Waals surface area contributed by atoms with Gasteiger partial charge in [0.15, 0.2) is 5.78 Å². The number of benzene rings is 1. The van der Waals surface area contributed by atoms with Crippen LogP contribution in [0.3, 0.4) is 0 Å². The Morgan fingerprint density at radius 1 is 1.24 bits per heavy atom. The molecule has 0 aliphatic rings. The van der Waals surface area contributed by atoms with Crippen LogP contribution >= 0.6 is 0 Å². The van der Waals surface area contributed by atoms with E-state index in [2.05, 4.69) is 9.97 Å². The minimum absolute atomic E-state index is 0.00102. The summed E-state index contributed by atoms with van der Waals surface area (Å²) in [5.41, 5.74) is -0.499. The summed E-state index contributed by atoms with van der Waals surface area (Å²) >= 11 is 0. The van der Waals surface area contributed by atoms with Gasteiger partial charge >= 0.3 is 6.18 Å². The molecule has 88 valence electrons. The average Bonchev–Trinajstić information content (AvgIpc) is 2.26. The van der Waals surface area contributed by atoms with E-state index in [1.807, 2.05) is 0 Å². The minimum Gasteiger partial charge on any atom is -0.293 e. The highest BCUT2D eigenvalue weighted by molar-refractivity contribution is 6.04. The predicted molar refractivity (Wildman–Crippen MR) is 54.5 cm³/mol. The Hall–Kier alpha value is -1.98. The van der Waals surface area contributed by atoms with Crippen molar-refractivity contribution in [2.75, 3.05) is 0 Å². The highest BCUT2D eigenvalue weighted by atomic mass is 19.4. The molecule has 0 bridgehead atoms. The van der Waals surface area contributed by atoms with E-state index in [0.717, 1.165) is 18.5 Å². The molecule has 0 fully saturated rings. The summed E-state index contributed by atoms with van der Waals surface area (Å²) in [5.74, 6) is -0.392. The molecule has 1 aromatic heterocycles. The molecule has 0 radical (unpaired) electrons. The fourth-order valence-corrected chi connectivity index (χ4v) is 1.51. The standard InChI is InChI=1S/C11H7F3N2O/c1-6(17)10-8-4-7(11(12,13)14)2-3-9(8)15-5-16-10/h2-5H,1H3. The first-order chi connectivity index (χ1) is 7.89. The van der Waals surface area contributed by atoms with Crippen molar-refractivity contribution in [3.8, 4) is 0 Å². The smallest absolute Gasteiger partial charge is 0.293 e. The Morgan fingerprint density at radius 2 is 1.94 bits per heavy atom. The molecule has 3 nitrogen and oxygen atoms in total. The van der Waals surface area contributed by atoms with Crippen molar-refractivity contribution >= 4 is 16.7 Å². The first-order valence-corrected chi connectivity index (χ1v) is 4.72. The molecule has 6 heteroatoms. The third kappa shape index (κ3) is 2.11. The summed E-state index contributed by atoms with van der Waals surface area (Å²) in [7, 11) is 0. The number of fused-ring (bicyclic) bond motifs is 1. The van der Waals surface area contributed by atoms with Crippen molar-refractivity contribution in [1.82, 2.24) is 9.97 Å². The third-order valence-electron chi connectivity index (χ3n) is 2.30.